The molecule has 6 heteroatoms. The molecule has 0 saturated carbocycles. The number of aromatic hydroxyl groups is 1. The summed E-state index contributed by atoms with van der Waals surface area (Å²) in [4.78, 5) is 0.250. The van der Waals surface area contributed by atoms with E-state index in [4.69, 9.17) is 18.0 Å². The van der Waals surface area contributed by atoms with Crippen molar-refractivity contribution in [2.45, 2.75) is 52.4 Å². The van der Waals surface area contributed by atoms with E-state index >= 15 is 0 Å². The van der Waals surface area contributed by atoms with Crippen molar-refractivity contribution in [2.75, 3.05) is 0 Å². The molecule has 0 unspecified atom stereocenters. The van der Waals surface area contributed by atoms with Crippen LogP contribution in [0.5, 0.6) is 5.75 Å². The molecule has 124 valence electrons. The fourth-order valence-corrected chi connectivity index (χ4v) is 3.19. The molecular formula is C17H23N3OS2. The molecule has 0 amide bonds. The first-order valence-electron chi connectivity index (χ1n) is 7.43. The van der Waals surface area contributed by atoms with Gasteiger partial charge in [0, 0.05) is 16.7 Å². The number of nitrogens with two attached hydrogens (primary N) is 1. The molecule has 1 heterocycles. The lowest BCUT2D eigenvalue weighted by molar-refractivity contribution is 0.423. The standard InChI is InChI=1S/C17H23N3OS2/c1-16(2,3)10-7-9(8-11(12(10)21)17(4,5)6)14-19-20-15(23-14)13(18)22/h7-8,21H,1-6H3,(H2,18,22). The Bertz CT molecular complexity index is 717. The minimum atomic E-state index is -0.184. The lowest BCUT2D eigenvalue weighted by Gasteiger charge is -2.27. The first-order valence-corrected chi connectivity index (χ1v) is 8.65. The van der Waals surface area contributed by atoms with E-state index in [9.17, 15) is 5.11 Å². The van der Waals surface area contributed by atoms with E-state index in [0.29, 0.717) is 10.8 Å². The monoisotopic (exact) mass is 349 g/mol. The number of hydrogen-bond donors (Lipinski definition) is 2. The topological polar surface area (TPSA) is 72.0 Å². The molecular weight excluding hydrogens is 326 g/mol. The van der Waals surface area contributed by atoms with Gasteiger partial charge in [-0.1, -0.05) is 65.1 Å². The molecule has 0 radical (unpaired) electrons. The molecule has 0 fully saturated rings. The summed E-state index contributed by atoms with van der Waals surface area (Å²) < 4.78 is 0. The number of thiocarbonyl (C=S) groups is 1. The minimum absolute atomic E-state index is 0.184. The maximum absolute atomic E-state index is 10.8. The van der Waals surface area contributed by atoms with Gasteiger partial charge in [0.15, 0.2) is 5.01 Å². The fraction of sp³-hybridized carbons (Fsp3) is 0.471. The van der Waals surface area contributed by atoms with E-state index in [2.05, 4.69) is 51.7 Å². The average Bonchev–Trinajstić information content (AvgIpc) is 2.85. The lowest BCUT2D eigenvalue weighted by Crippen LogP contribution is -2.17. The number of rotatable bonds is 2. The highest BCUT2D eigenvalue weighted by molar-refractivity contribution is 7.81. The highest BCUT2D eigenvalue weighted by Crippen LogP contribution is 2.42. The number of aromatic nitrogens is 2. The summed E-state index contributed by atoms with van der Waals surface area (Å²) in [6, 6.07) is 3.96. The molecule has 4 nitrogen and oxygen atoms in total. The first-order chi connectivity index (χ1) is 10.4. The molecule has 0 atom stereocenters. The predicted octanol–water partition coefficient (Wildman–Crippen LogP) is 4.14. The molecule has 2 rings (SSSR count). The van der Waals surface area contributed by atoms with Crippen molar-refractivity contribution in [3.05, 3.63) is 28.3 Å². The SMILES string of the molecule is CC(C)(C)c1cc(-c2nnc(C(N)=S)s2)cc(C(C)(C)C)c1O. The van der Waals surface area contributed by atoms with Crippen molar-refractivity contribution >= 4 is 28.5 Å². The van der Waals surface area contributed by atoms with Crippen LogP contribution in [0.2, 0.25) is 0 Å². The van der Waals surface area contributed by atoms with Crippen LogP contribution in [0, 0.1) is 0 Å². The maximum Gasteiger partial charge on any atom is 0.175 e. The summed E-state index contributed by atoms with van der Waals surface area (Å²) in [7, 11) is 0. The summed E-state index contributed by atoms with van der Waals surface area (Å²) in [6.07, 6.45) is 0. The normalized spacial score (nSPS) is 12.4. The van der Waals surface area contributed by atoms with Gasteiger partial charge in [-0.05, 0) is 23.0 Å². The van der Waals surface area contributed by atoms with Gasteiger partial charge in [0.2, 0.25) is 0 Å². The van der Waals surface area contributed by atoms with Gasteiger partial charge in [0.05, 0.1) is 0 Å². The Morgan fingerprint density at radius 3 is 1.87 bits per heavy atom. The Hall–Kier alpha value is -1.53. The minimum Gasteiger partial charge on any atom is -0.507 e. The number of phenols is 1. The third-order valence-corrected chi connectivity index (χ3v) is 4.94. The van der Waals surface area contributed by atoms with E-state index < -0.39 is 0 Å². The Morgan fingerprint density at radius 1 is 1.04 bits per heavy atom. The van der Waals surface area contributed by atoms with Gasteiger partial charge >= 0.3 is 0 Å². The van der Waals surface area contributed by atoms with Crippen LogP contribution < -0.4 is 5.73 Å². The molecule has 0 aliphatic heterocycles. The Morgan fingerprint density at radius 2 is 1.52 bits per heavy atom. The van der Waals surface area contributed by atoms with E-state index in [0.717, 1.165) is 21.7 Å². The summed E-state index contributed by atoms with van der Waals surface area (Å²) in [5.41, 5.74) is 7.98. The van der Waals surface area contributed by atoms with Crippen molar-refractivity contribution in [1.29, 1.82) is 0 Å². The lowest BCUT2D eigenvalue weighted by atomic mass is 9.78. The van der Waals surface area contributed by atoms with Gasteiger partial charge in [-0.15, -0.1) is 10.2 Å². The zero-order valence-corrected chi connectivity index (χ0v) is 16.0. The summed E-state index contributed by atoms with van der Waals surface area (Å²) in [6.45, 7) is 12.5. The second-order valence-electron chi connectivity index (χ2n) is 7.70. The van der Waals surface area contributed by atoms with Crippen LogP contribution in [-0.4, -0.2) is 20.3 Å². The Labute approximate surface area is 146 Å². The zero-order chi connectivity index (χ0) is 17.6. The van der Waals surface area contributed by atoms with Crippen molar-refractivity contribution in [3.63, 3.8) is 0 Å². The second-order valence-corrected chi connectivity index (χ2v) is 9.11. The number of nitrogens with zero attached hydrogens (tertiary/aromatic N) is 2. The average molecular weight is 350 g/mol. The second kappa shape index (κ2) is 5.83. The van der Waals surface area contributed by atoms with Crippen LogP contribution in [0.25, 0.3) is 10.6 Å². The smallest absolute Gasteiger partial charge is 0.175 e. The summed E-state index contributed by atoms with van der Waals surface area (Å²) >= 11 is 6.33. The highest BCUT2D eigenvalue weighted by atomic mass is 32.1. The van der Waals surface area contributed by atoms with Gasteiger partial charge in [0.1, 0.15) is 15.7 Å². The third-order valence-electron chi connectivity index (χ3n) is 3.61. The molecule has 1 aromatic heterocycles. The molecule has 0 aliphatic carbocycles. The molecule has 0 spiro atoms. The van der Waals surface area contributed by atoms with Gasteiger partial charge < -0.3 is 10.8 Å². The van der Waals surface area contributed by atoms with Crippen LogP contribution in [0.4, 0.5) is 0 Å². The zero-order valence-electron chi connectivity index (χ0n) is 14.4. The van der Waals surface area contributed by atoms with Gasteiger partial charge in [-0.3, -0.25) is 0 Å². The van der Waals surface area contributed by atoms with Crippen molar-refractivity contribution in [3.8, 4) is 16.3 Å². The molecule has 2 aromatic rings. The van der Waals surface area contributed by atoms with E-state index in [-0.39, 0.29) is 15.8 Å². The highest BCUT2D eigenvalue weighted by Gasteiger charge is 2.27. The molecule has 0 aliphatic rings. The van der Waals surface area contributed by atoms with E-state index in [1.54, 1.807) is 0 Å². The third kappa shape index (κ3) is 3.70. The van der Waals surface area contributed by atoms with E-state index in [1.807, 2.05) is 12.1 Å². The molecule has 23 heavy (non-hydrogen) atoms. The van der Waals surface area contributed by atoms with Gasteiger partial charge in [-0.2, -0.15) is 0 Å². The molecule has 3 N–H and O–H groups in total. The van der Waals surface area contributed by atoms with Gasteiger partial charge in [0.25, 0.3) is 0 Å². The first kappa shape index (κ1) is 17.8. The van der Waals surface area contributed by atoms with Crippen LogP contribution in [-0.2, 0) is 10.8 Å². The summed E-state index contributed by atoms with van der Waals surface area (Å²) in [5, 5.41) is 20.3. The quantitative estimate of drug-likeness (QED) is 0.797. The molecule has 1 aromatic carbocycles. The van der Waals surface area contributed by atoms with Crippen molar-refractivity contribution < 1.29 is 5.11 Å². The number of benzene rings is 1. The van der Waals surface area contributed by atoms with Crippen molar-refractivity contribution in [1.82, 2.24) is 10.2 Å². The number of hydrogen-bond acceptors (Lipinski definition) is 5. The Kier molecular flexibility index (Phi) is 4.52. The molecule has 0 saturated heterocycles. The fourth-order valence-electron chi connectivity index (χ4n) is 2.34. The summed E-state index contributed by atoms with van der Waals surface area (Å²) in [5.74, 6) is 0.354. The largest absolute Gasteiger partial charge is 0.507 e. The van der Waals surface area contributed by atoms with Crippen LogP contribution in [0.3, 0.4) is 0 Å². The van der Waals surface area contributed by atoms with E-state index in [1.165, 1.54) is 11.3 Å². The van der Waals surface area contributed by atoms with Crippen LogP contribution in [0.1, 0.15) is 57.7 Å². The maximum atomic E-state index is 10.8. The Balaban J connectivity index is 2.71. The van der Waals surface area contributed by atoms with Gasteiger partial charge in [-0.25, -0.2) is 0 Å². The van der Waals surface area contributed by atoms with Crippen LogP contribution >= 0.6 is 23.6 Å². The predicted molar refractivity (Wildman–Crippen MR) is 100 cm³/mol. The molecule has 0 bridgehead atoms. The van der Waals surface area contributed by atoms with Crippen molar-refractivity contribution in [2.24, 2.45) is 5.73 Å². The van der Waals surface area contributed by atoms with Crippen LogP contribution in [0.15, 0.2) is 12.1 Å². The number of phenolic OH excluding ortho intramolecular Hbond substituents is 1.